The number of para-hydroxylation sites is 1. The molecule has 4 nitrogen and oxygen atoms in total. The first-order valence-electron chi connectivity index (χ1n) is 10.5. The van der Waals surface area contributed by atoms with Gasteiger partial charge in [0.2, 0.25) is 0 Å². The predicted octanol–water partition coefficient (Wildman–Crippen LogP) is 6.03. The molecule has 0 saturated heterocycles. The summed E-state index contributed by atoms with van der Waals surface area (Å²) in [6.45, 7) is 0. The minimum atomic E-state index is -0.834. The van der Waals surface area contributed by atoms with Gasteiger partial charge in [-0.2, -0.15) is 0 Å². The van der Waals surface area contributed by atoms with E-state index in [0.717, 1.165) is 32.9 Å². The van der Waals surface area contributed by atoms with Crippen molar-refractivity contribution in [3.05, 3.63) is 114 Å². The summed E-state index contributed by atoms with van der Waals surface area (Å²) in [6, 6.07) is 29.5. The molecular formula is C28H21NO3. The van der Waals surface area contributed by atoms with Gasteiger partial charge < -0.3 is 9.67 Å². The third-order valence-electron chi connectivity index (χ3n) is 5.79. The standard InChI is InChI=1S/C28H21NO3/c30-27(31)15-11-19-10-14-26-24(16-19)25(18-29(26)23-8-2-1-3-9-23)28(32)22-13-12-20-6-4-5-7-21(20)17-22/h1-10,12-14,16-18H,11,15H2,(H,30,31). The molecule has 0 spiro atoms. The van der Waals surface area contributed by atoms with Crippen LogP contribution < -0.4 is 0 Å². The van der Waals surface area contributed by atoms with Crippen LogP contribution in [0.15, 0.2) is 97.2 Å². The van der Waals surface area contributed by atoms with Gasteiger partial charge in [-0.3, -0.25) is 9.59 Å². The highest BCUT2D eigenvalue weighted by molar-refractivity contribution is 6.17. The molecule has 0 bridgehead atoms. The van der Waals surface area contributed by atoms with Crippen molar-refractivity contribution in [1.29, 1.82) is 0 Å². The average Bonchev–Trinajstić information content (AvgIpc) is 3.21. The first-order chi connectivity index (χ1) is 15.6. The van der Waals surface area contributed by atoms with E-state index in [1.807, 2.05) is 102 Å². The van der Waals surface area contributed by atoms with Crippen LogP contribution in [-0.4, -0.2) is 21.4 Å². The Morgan fingerprint density at radius 3 is 2.31 bits per heavy atom. The maximum atomic E-state index is 13.6. The Morgan fingerprint density at radius 2 is 1.53 bits per heavy atom. The van der Waals surface area contributed by atoms with Gasteiger partial charge in [0.1, 0.15) is 0 Å². The summed E-state index contributed by atoms with van der Waals surface area (Å²) in [5, 5.41) is 12.0. The molecule has 0 aliphatic rings. The van der Waals surface area contributed by atoms with Gasteiger partial charge in [0.25, 0.3) is 0 Å². The predicted molar refractivity (Wildman–Crippen MR) is 127 cm³/mol. The largest absolute Gasteiger partial charge is 0.481 e. The lowest BCUT2D eigenvalue weighted by Gasteiger charge is -2.06. The number of benzene rings is 4. The molecule has 1 N–H and O–H groups in total. The first kappa shape index (κ1) is 19.8. The molecule has 0 radical (unpaired) electrons. The fourth-order valence-electron chi connectivity index (χ4n) is 4.15. The second-order valence-electron chi connectivity index (χ2n) is 7.88. The maximum absolute atomic E-state index is 13.6. The quantitative estimate of drug-likeness (QED) is 0.342. The lowest BCUT2D eigenvalue weighted by atomic mass is 9.98. The summed E-state index contributed by atoms with van der Waals surface area (Å²) in [7, 11) is 0. The summed E-state index contributed by atoms with van der Waals surface area (Å²) in [5.74, 6) is -0.884. The number of carboxylic acid groups (broad SMARTS) is 1. The maximum Gasteiger partial charge on any atom is 0.303 e. The van der Waals surface area contributed by atoms with E-state index >= 15 is 0 Å². The molecule has 0 unspecified atom stereocenters. The van der Waals surface area contributed by atoms with Crippen LogP contribution in [0.3, 0.4) is 0 Å². The Hall–Kier alpha value is -4.18. The third kappa shape index (κ3) is 3.67. The van der Waals surface area contributed by atoms with Crippen LogP contribution >= 0.6 is 0 Å². The summed E-state index contributed by atoms with van der Waals surface area (Å²) in [6.07, 6.45) is 2.36. The number of carbonyl (C=O) groups is 2. The zero-order chi connectivity index (χ0) is 22.1. The van der Waals surface area contributed by atoms with Gasteiger partial charge in [-0.15, -0.1) is 0 Å². The molecule has 32 heavy (non-hydrogen) atoms. The Kier molecular flexibility index (Phi) is 5.04. The van der Waals surface area contributed by atoms with Crippen LogP contribution in [0, 0.1) is 0 Å². The number of nitrogens with zero attached hydrogens (tertiary/aromatic N) is 1. The fraction of sp³-hybridized carbons (Fsp3) is 0.0714. The molecule has 4 aromatic carbocycles. The number of aryl methyl sites for hydroxylation is 1. The van der Waals surface area contributed by atoms with E-state index in [0.29, 0.717) is 17.5 Å². The fourth-order valence-corrected chi connectivity index (χ4v) is 4.15. The minimum absolute atomic E-state index is 0.0502. The average molecular weight is 419 g/mol. The number of hydrogen-bond acceptors (Lipinski definition) is 2. The van der Waals surface area contributed by atoms with Crippen molar-refractivity contribution in [2.24, 2.45) is 0 Å². The third-order valence-corrected chi connectivity index (χ3v) is 5.79. The number of aromatic nitrogens is 1. The summed E-state index contributed by atoms with van der Waals surface area (Å²) in [4.78, 5) is 24.7. The lowest BCUT2D eigenvalue weighted by molar-refractivity contribution is -0.136. The molecule has 5 rings (SSSR count). The van der Waals surface area contributed by atoms with Gasteiger partial charge >= 0.3 is 5.97 Å². The van der Waals surface area contributed by atoms with Crippen LogP contribution in [0.4, 0.5) is 0 Å². The first-order valence-corrected chi connectivity index (χ1v) is 10.5. The van der Waals surface area contributed by atoms with E-state index in [1.165, 1.54) is 0 Å². The molecule has 1 heterocycles. The van der Waals surface area contributed by atoms with Gasteiger partial charge in [-0.25, -0.2) is 0 Å². The van der Waals surface area contributed by atoms with E-state index in [-0.39, 0.29) is 12.2 Å². The lowest BCUT2D eigenvalue weighted by Crippen LogP contribution is -2.01. The smallest absolute Gasteiger partial charge is 0.303 e. The molecule has 1 aromatic heterocycles. The van der Waals surface area contributed by atoms with Crippen molar-refractivity contribution in [1.82, 2.24) is 4.57 Å². The zero-order valence-corrected chi connectivity index (χ0v) is 17.4. The topological polar surface area (TPSA) is 59.3 Å². The number of hydrogen-bond donors (Lipinski definition) is 1. The Balaban J connectivity index is 1.66. The summed E-state index contributed by atoms with van der Waals surface area (Å²) < 4.78 is 2.02. The van der Waals surface area contributed by atoms with Crippen molar-refractivity contribution in [2.75, 3.05) is 0 Å². The van der Waals surface area contributed by atoms with Crippen LogP contribution in [0.25, 0.3) is 27.4 Å². The van der Waals surface area contributed by atoms with Crippen LogP contribution in [0.2, 0.25) is 0 Å². The zero-order valence-electron chi connectivity index (χ0n) is 17.4. The summed E-state index contributed by atoms with van der Waals surface area (Å²) in [5.41, 5.74) is 4.02. The van der Waals surface area contributed by atoms with E-state index < -0.39 is 5.97 Å². The monoisotopic (exact) mass is 419 g/mol. The normalized spacial score (nSPS) is 11.1. The molecule has 0 aliphatic carbocycles. The van der Waals surface area contributed by atoms with Gasteiger partial charge in [0.05, 0.1) is 5.52 Å². The molecule has 0 saturated carbocycles. The molecule has 156 valence electrons. The molecule has 0 fully saturated rings. The highest BCUT2D eigenvalue weighted by atomic mass is 16.4. The van der Waals surface area contributed by atoms with Crippen molar-refractivity contribution in [2.45, 2.75) is 12.8 Å². The highest BCUT2D eigenvalue weighted by Gasteiger charge is 2.18. The Bertz CT molecular complexity index is 1460. The molecule has 5 aromatic rings. The van der Waals surface area contributed by atoms with Crippen LogP contribution in [0.5, 0.6) is 0 Å². The minimum Gasteiger partial charge on any atom is -0.481 e. The second-order valence-corrected chi connectivity index (χ2v) is 7.88. The number of ketones is 1. The number of carboxylic acids is 1. The van der Waals surface area contributed by atoms with E-state index in [4.69, 9.17) is 5.11 Å². The number of aliphatic carboxylic acids is 1. The van der Waals surface area contributed by atoms with Crippen molar-refractivity contribution < 1.29 is 14.7 Å². The number of rotatable bonds is 6. The highest BCUT2D eigenvalue weighted by Crippen LogP contribution is 2.29. The van der Waals surface area contributed by atoms with E-state index in [9.17, 15) is 9.59 Å². The van der Waals surface area contributed by atoms with Gasteiger partial charge in [-0.05, 0) is 53.1 Å². The Morgan fingerprint density at radius 1 is 0.781 bits per heavy atom. The van der Waals surface area contributed by atoms with Crippen LogP contribution in [0.1, 0.15) is 27.9 Å². The van der Waals surface area contributed by atoms with Gasteiger partial charge in [0, 0.05) is 34.8 Å². The second kappa shape index (κ2) is 8.16. The molecular weight excluding hydrogens is 398 g/mol. The van der Waals surface area contributed by atoms with Crippen LogP contribution in [-0.2, 0) is 11.2 Å². The van der Waals surface area contributed by atoms with Crippen molar-refractivity contribution >= 4 is 33.4 Å². The van der Waals surface area contributed by atoms with Crippen molar-refractivity contribution in [3.8, 4) is 5.69 Å². The molecule has 0 atom stereocenters. The summed E-state index contributed by atoms with van der Waals surface area (Å²) >= 11 is 0. The number of fused-ring (bicyclic) bond motifs is 2. The number of carbonyl (C=O) groups excluding carboxylic acids is 1. The van der Waals surface area contributed by atoms with Crippen molar-refractivity contribution in [3.63, 3.8) is 0 Å². The van der Waals surface area contributed by atoms with E-state index in [1.54, 1.807) is 0 Å². The molecule has 0 amide bonds. The van der Waals surface area contributed by atoms with Gasteiger partial charge in [0.15, 0.2) is 5.78 Å². The molecule has 0 aliphatic heterocycles. The molecule has 4 heteroatoms. The van der Waals surface area contributed by atoms with E-state index in [2.05, 4.69) is 0 Å². The SMILES string of the molecule is O=C(O)CCc1ccc2c(c1)c(C(=O)c1ccc3ccccc3c1)cn2-c1ccccc1. The van der Waals surface area contributed by atoms with Gasteiger partial charge in [-0.1, -0.05) is 60.7 Å². The Labute approximate surface area is 185 Å².